The monoisotopic (exact) mass is 152 g/mol. The Kier molecular flexibility index (Phi) is 1.18. The highest BCUT2D eigenvalue weighted by atomic mass is 17.0. The number of ether oxygens (including phenoxy) is 1. The molecule has 0 saturated carbocycles. The third-order valence-electron chi connectivity index (χ3n) is 1.60. The van der Waals surface area contributed by atoms with Gasteiger partial charge in [-0.2, -0.15) is 0 Å². The summed E-state index contributed by atoms with van der Waals surface area (Å²) in [6, 6.07) is 3.81. The smallest absolute Gasteiger partial charge is 0.267 e. The van der Waals surface area contributed by atoms with Crippen LogP contribution in [0.25, 0.3) is 11.2 Å². The van der Waals surface area contributed by atoms with Crippen molar-refractivity contribution in [1.82, 2.24) is 0 Å². The van der Waals surface area contributed by atoms with E-state index in [0.29, 0.717) is 5.58 Å². The van der Waals surface area contributed by atoms with Gasteiger partial charge in [-0.3, -0.25) is 9.15 Å². The van der Waals surface area contributed by atoms with E-state index in [1.165, 1.54) is 0 Å². The van der Waals surface area contributed by atoms with E-state index < -0.39 is 0 Å². The summed E-state index contributed by atoms with van der Waals surface area (Å²) in [6.07, 6.45) is 0. The molecule has 3 heteroatoms. The number of rotatable bonds is 1. The molecule has 0 aliphatic rings. The molecule has 1 aromatic carbocycles. The molecule has 0 saturated heterocycles. The maximum Gasteiger partial charge on any atom is 0.267 e. The second-order valence-corrected chi connectivity index (χ2v) is 2.46. The third kappa shape index (κ3) is 0.808. The van der Waals surface area contributed by atoms with Gasteiger partial charge in [0.2, 0.25) is 5.58 Å². The molecule has 1 aromatic heterocycles. The first-order valence-electron chi connectivity index (χ1n) is 3.34. The zero-order chi connectivity index (χ0) is 7.84. The van der Waals surface area contributed by atoms with Gasteiger partial charge in [0, 0.05) is 0 Å². The van der Waals surface area contributed by atoms with Crippen LogP contribution in [0.3, 0.4) is 0 Å². The molecular formula is C8H8O3. The number of hydrogen-bond donors (Lipinski definition) is 0. The van der Waals surface area contributed by atoms with Crippen molar-refractivity contribution >= 4 is 11.2 Å². The van der Waals surface area contributed by atoms with Crippen LogP contribution in [0, 0.1) is 6.92 Å². The molecule has 2 rings (SSSR count). The first kappa shape index (κ1) is 6.34. The lowest BCUT2D eigenvalue weighted by Crippen LogP contribution is -1.87. The highest BCUT2D eigenvalue weighted by molar-refractivity contribution is 5.78. The van der Waals surface area contributed by atoms with Crippen LogP contribution in [0.5, 0.6) is 5.75 Å². The summed E-state index contributed by atoms with van der Waals surface area (Å²) >= 11 is 0. The minimum atomic E-state index is 0.693. The topological polar surface area (TPSA) is 35.5 Å². The van der Waals surface area contributed by atoms with Gasteiger partial charge in [0.15, 0.2) is 5.75 Å². The average Bonchev–Trinajstić information content (AvgIpc) is 1.95. The van der Waals surface area contributed by atoms with Crippen molar-refractivity contribution < 1.29 is 13.9 Å². The highest BCUT2D eigenvalue weighted by Gasteiger charge is 2.11. The number of aryl methyl sites for hydroxylation is 1. The standard InChI is InChI=1S/C8H8O3/c1-5-3-6(9-2)8-7(4-5)10-11-8/h3-4H,1-2H3. The van der Waals surface area contributed by atoms with E-state index in [9.17, 15) is 0 Å². The summed E-state index contributed by atoms with van der Waals surface area (Å²) in [7, 11) is 1.61. The lowest BCUT2D eigenvalue weighted by atomic mass is 10.2. The molecule has 2 aromatic rings. The second-order valence-electron chi connectivity index (χ2n) is 2.46. The zero-order valence-electron chi connectivity index (χ0n) is 6.38. The van der Waals surface area contributed by atoms with Gasteiger partial charge >= 0.3 is 0 Å². The van der Waals surface area contributed by atoms with Crippen LogP contribution in [0.1, 0.15) is 5.56 Å². The minimum absolute atomic E-state index is 0.693. The second kappa shape index (κ2) is 2.05. The summed E-state index contributed by atoms with van der Waals surface area (Å²) in [5.74, 6) is 0.728. The normalized spacial score (nSPS) is 10.7. The number of hydrogen-bond acceptors (Lipinski definition) is 3. The molecule has 0 aliphatic carbocycles. The summed E-state index contributed by atoms with van der Waals surface area (Å²) in [6.45, 7) is 1.98. The lowest BCUT2D eigenvalue weighted by Gasteiger charge is -2.04. The Balaban J connectivity index is 2.69. The van der Waals surface area contributed by atoms with Gasteiger partial charge in [-0.1, -0.05) is 0 Å². The molecule has 11 heavy (non-hydrogen) atoms. The zero-order valence-corrected chi connectivity index (χ0v) is 6.38. The molecule has 0 bridgehead atoms. The first-order chi connectivity index (χ1) is 5.31. The van der Waals surface area contributed by atoms with Crippen LogP contribution in [0.2, 0.25) is 0 Å². The molecule has 0 N–H and O–H groups in total. The SMILES string of the molecule is COc1cc(C)cc2ooc12. The minimum Gasteiger partial charge on any atom is -0.492 e. The van der Waals surface area contributed by atoms with Crippen LogP contribution in [-0.2, 0) is 0 Å². The molecule has 0 radical (unpaired) electrons. The van der Waals surface area contributed by atoms with E-state index in [2.05, 4.69) is 0 Å². The van der Waals surface area contributed by atoms with Crippen molar-refractivity contribution in [2.45, 2.75) is 6.92 Å². The lowest BCUT2D eigenvalue weighted by molar-refractivity contribution is 0.0564. The molecule has 3 nitrogen and oxygen atoms in total. The fraction of sp³-hybridized carbons (Fsp3) is 0.250. The average molecular weight is 152 g/mol. The fourth-order valence-corrected chi connectivity index (χ4v) is 1.06. The van der Waals surface area contributed by atoms with Crippen LogP contribution in [-0.4, -0.2) is 7.11 Å². The van der Waals surface area contributed by atoms with Gasteiger partial charge in [-0.15, -0.1) is 0 Å². The quantitative estimate of drug-likeness (QED) is 0.588. The van der Waals surface area contributed by atoms with E-state index >= 15 is 0 Å². The van der Waals surface area contributed by atoms with E-state index in [4.69, 9.17) is 13.9 Å². The van der Waals surface area contributed by atoms with Gasteiger partial charge in [-0.25, -0.2) is 0 Å². The Hall–Kier alpha value is -1.38. The van der Waals surface area contributed by atoms with Gasteiger partial charge in [0.25, 0.3) is 5.58 Å². The summed E-state index contributed by atoms with van der Waals surface area (Å²) in [5.41, 5.74) is 2.55. The molecule has 1 heterocycles. The molecule has 0 atom stereocenters. The van der Waals surface area contributed by atoms with E-state index in [1.54, 1.807) is 7.11 Å². The van der Waals surface area contributed by atoms with Crippen molar-refractivity contribution in [1.29, 1.82) is 0 Å². The van der Waals surface area contributed by atoms with Gasteiger partial charge < -0.3 is 4.74 Å². The van der Waals surface area contributed by atoms with E-state index in [1.807, 2.05) is 19.1 Å². The maximum absolute atomic E-state index is 5.05. The summed E-state index contributed by atoms with van der Waals surface area (Å²) in [5, 5.41) is 0. The van der Waals surface area contributed by atoms with Crippen molar-refractivity contribution in [2.24, 2.45) is 0 Å². The van der Waals surface area contributed by atoms with Crippen molar-refractivity contribution in [3.05, 3.63) is 17.7 Å². The number of fused-ring (bicyclic) bond motifs is 1. The van der Waals surface area contributed by atoms with Gasteiger partial charge in [0.05, 0.1) is 7.11 Å². The summed E-state index contributed by atoms with van der Waals surface area (Å²) < 4.78 is 14.5. The van der Waals surface area contributed by atoms with Crippen LogP contribution >= 0.6 is 0 Å². The van der Waals surface area contributed by atoms with Crippen molar-refractivity contribution in [3.8, 4) is 5.75 Å². The molecule has 0 fully saturated rings. The highest BCUT2D eigenvalue weighted by Crippen LogP contribution is 2.29. The molecule has 0 amide bonds. The van der Waals surface area contributed by atoms with Gasteiger partial charge in [0.1, 0.15) is 0 Å². The van der Waals surface area contributed by atoms with Crippen LogP contribution in [0.4, 0.5) is 0 Å². The number of methoxy groups -OCH3 is 1. The van der Waals surface area contributed by atoms with Crippen LogP contribution in [0.15, 0.2) is 21.3 Å². The predicted octanol–water partition coefficient (Wildman–Crippen LogP) is 2.34. The van der Waals surface area contributed by atoms with Crippen molar-refractivity contribution in [2.75, 3.05) is 7.11 Å². The molecule has 0 unspecified atom stereocenters. The number of benzene rings is 1. The Bertz CT molecular complexity index is 369. The first-order valence-corrected chi connectivity index (χ1v) is 3.34. The van der Waals surface area contributed by atoms with E-state index in [0.717, 1.165) is 16.9 Å². The Morgan fingerprint density at radius 2 is 2.09 bits per heavy atom. The predicted molar refractivity (Wildman–Crippen MR) is 39.8 cm³/mol. The summed E-state index contributed by atoms with van der Waals surface area (Å²) in [4.78, 5) is 0. The fourth-order valence-electron chi connectivity index (χ4n) is 1.06. The van der Waals surface area contributed by atoms with Crippen molar-refractivity contribution in [3.63, 3.8) is 0 Å². The molecular weight excluding hydrogens is 144 g/mol. The molecule has 0 aliphatic heterocycles. The van der Waals surface area contributed by atoms with Crippen LogP contribution < -0.4 is 4.74 Å². The Morgan fingerprint density at radius 1 is 1.27 bits per heavy atom. The largest absolute Gasteiger partial charge is 0.492 e. The van der Waals surface area contributed by atoms with Gasteiger partial charge in [-0.05, 0) is 24.6 Å². The molecule has 0 spiro atoms. The third-order valence-corrected chi connectivity index (χ3v) is 1.60. The Labute approximate surface area is 63.5 Å². The van der Waals surface area contributed by atoms with E-state index in [-0.39, 0.29) is 0 Å². The maximum atomic E-state index is 5.05. The Morgan fingerprint density at radius 3 is 2.64 bits per heavy atom. The molecule has 58 valence electrons.